The molecule has 0 aliphatic rings. The van der Waals surface area contributed by atoms with Crippen LogP contribution < -0.4 is 15.1 Å². The second kappa shape index (κ2) is 9.32. The first kappa shape index (κ1) is 21.6. The lowest BCUT2D eigenvalue weighted by Crippen LogP contribution is -2.09. The van der Waals surface area contributed by atoms with Gasteiger partial charge in [0.25, 0.3) is 5.88 Å². The third-order valence-corrected chi connectivity index (χ3v) is 5.94. The summed E-state index contributed by atoms with van der Waals surface area (Å²) in [5.74, 6) is 0.693. The Morgan fingerprint density at radius 1 is 1.09 bits per heavy atom. The maximum Gasteiger partial charge on any atom is 0.346 e. The zero-order chi connectivity index (χ0) is 23.5. The van der Waals surface area contributed by atoms with Gasteiger partial charge >= 0.3 is 11.6 Å². The van der Waals surface area contributed by atoms with Crippen LogP contribution in [-0.4, -0.2) is 23.2 Å². The maximum atomic E-state index is 12.7. The second-order valence-corrected chi connectivity index (χ2v) is 8.22. The van der Waals surface area contributed by atoms with Crippen molar-refractivity contribution in [1.82, 2.24) is 10.1 Å². The van der Waals surface area contributed by atoms with E-state index in [-0.39, 0.29) is 12.2 Å². The highest BCUT2D eigenvalue weighted by atomic mass is 32.1. The molecule has 34 heavy (non-hydrogen) atoms. The van der Waals surface area contributed by atoms with Gasteiger partial charge in [-0.25, -0.2) is 9.78 Å². The number of carbonyl (C=O) groups excluding carboxylic acids is 1. The number of carbonyl (C=O) groups is 1. The van der Waals surface area contributed by atoms with Crippen LogP contribution in [0.15, 0.2) is 79.8 Å². The average Bonchev–Trinajstić information content (AvgIpc) is 3.53. The molecular weight excluding hydrogens is 456 g/mol. The topological polar surface area (TPSA) is 105 Å². The summed E-state index contributed by atoms with van der Waals surface area (Å²) in [6.45, 7) is 0. The Kier molecular flexibility index (Phi) is 5.92. The fourth-order valence-electron chi connectivity index (χ4n) is 3.36. The molecule has 3 heterocycles. The van der Waals surface area contributed by atoms with E-state index in [1.54, 1.807) is 24.3 Å². The van der Waals surface area contributed by atoms with Crippen LogP contribution in [-0.2, 0) is 11.2 Å². The van der Waals surface area contributed by atoms with Gasteiger partial charge in [0.05, 0.1) is 24.8 Å². The fraction of sp³-hybridized carbons (Fsp3) is 0.120. The number of nitrogens with zero attached hydrogens (tertiary/aromatic N) is 2. The summed E-state index contributed by atoms with van der Waals surface area (Å²) in [4.78, 5) is 29.5. The summed E-state index contributed by atoms with van der Waals surface area (Å²) in [7, 11) is 1.48. The largest absolute Gasteiger partial charge is 0.479 e. The first-order chi connectivity index (χ1) is 16.6. The van der Waals surface area contributed by atoms with Crippen molar-refractivity contribution in [3.8, 4) is 33.5 Å². The Morgan fingerprint density at radius 3 is 2.74 bits per heavy atom. The number of thiazole rings is 1. The first-order valence-electron chi connectivity index (χ1n) is 10.4. The number of benzene rings is 2. The fourth-order valence-corrected chi connectivity index (χ4v) is 4.19. The molecule has 0 radical (unpaired) electrons. The summed E-state index contributed by atoms with van der Waals surface area (Å²) < 4.78 is 20.9. The second-order valence-electron chi connectivity index (χ2n) is 7.36. The smallest absolute Gasteiger partial charge is 0.346 e. The molecule has 0 spiro atoms. The van der Waals surface area contributed by atoms with E-state index >= 15 is 0 Å². The lowest BCUT2D eigenvalue weighted by atomic mass is 10.1. The minimum absolute atomic E-state index is 0.0903. The van der Waals surface area contributed by atoms with E-state index in [0.29, 0.717) is 39.6 Å². The quantitative estimate of drug-likeness (QED) is 0.182. The number of aryl methyl sites for hydroxylation is 1. The zero-order valence-electron chi connectivity index (χ0n) is 18.0. The van der Waals surface area contributed by atoms with Gasteiger partial charge in [-0.3, -0.25) is 4.79 Å². The lowest BCUT2D eigenvalue weighted by molar-refractivity contribution is -0.134. The van der Waals surface area contributed by atoms with Crippen LogP contribution in [0.3, 0.4) is 0 Å². The van der Waals surface area contributed by atoms with E-state index < -0.39 is 11.6 Å². The van der Waals surface area contributed by atoms with Crippen molar-refractivity contribution in [3.05, 3.63) is 82.2 Å². The van der Waals surface area contributed by atoms with Crippen molar-refractivity contribution in [2.75, 3.05) is 7.11 Å². The third-order valence-electron chi connectivity index (χ3n) is 5.07. The molecule has 0 saturated carbocycles. The molecule has 0 bridgehead atoms. The summed E-state index contributed by atoms with van der Waals surface area (Å²) in [6, 6.07) is 18.0. The molecule has 0 N–H and O–H groups in total. The van der Waals surface area contributed by atoms with Gasteiger partial charge in [0.15, 0.2) is 0 Å². The SMILES string of the molecule is COc1cc(CCC(=O)Oc2ccc3cc(-c4nc(-c5ccccc5)cs4)c(=O)oc3c2)on1. The Balaban J connectivity index is 1.32. The first-order valence-corrected chi connectivity index (χ1v) is 11.3. The summed E-state index contributed by atoms with van der Waals surface area (Å²) in [5.41, 5.74) is 1.96. The molecule has 5 rings (SSSR count). The predicted molar refractivity (Wildman–Crippen MR) is 126 cm³/mol. The molecule has 0 aliphatic carbocycles. The number of hydrogen-bond donors (Lipinski definition) is 0. The van der Waals surface area contributed by atoms with E-state index in [9.17, 15) is 9.59 Å². The lowest BCUT2D eigenvalue weighted by Gasteiger charge is -2.05. The number of esters is 1. The molecule has 0 amide bonds. The van der Waals surface area contributed by atoms with Crippen LogP contribution in [0.5, 0.6) is 11.6 Å². The minimum atomic E-state index is -0.510. The van der Waals surface area contributed by atoms with Crippen molar-refractivity contribution < 1.29 is 23.2 Å². The van der Waals surface area contributed by atoms with Crippen molar-refractivity contribution in [2.24, 2.45) is 0 Å². The molecule has 9 heteroatoms. The Bertz CT molecular complexity index is 1520. The molecule has 0 fully saturated rings. The zero-order valence-corrected chi connectivity index (χ0v) is 18.8. The summed E-state index contributed by atoms with van der Waals surface area (Å²) in [6.07, 6.45) is 0.410. The molecule has 0 saturated heterocycles. The van der Waals surface area contributed by atoms with Crippen LogP contribution in [0, 0.1) is 0 Å². The van der Waals surface area contributed by atoms with E-state index in [1.807, 2.05) is 35.7 Å². The number of hydrogen-bond acceptors (Lipinski definition) is 9. The van der Waals surface area contributed by atoms with E-state index in [4.69, 9.17) is 18.4 Å². The maximum absolute atomic E-state index is 12.7. The molecule has 0 unspecified atom stereocenters. The number of methoxy groups -OCH3 is 1. The highest BCUT2D eigenvalue weighted by molar-refractivity contribution is 7.13. The van der Waals surface area contributed by atoms with Gasteiger partial charge in [-0.1, -0.05) is 30.3 Å². The van der Waals surface area contributed by atoms with Crippen LogP contribution in [0.2, 0.25) is 0 Å². The van der Waals surface area contributed by atoms with Crippen LogP contribution in [0.25, 0.3) is 32.8 Å². The molecule has 0 atom stereocenters. The minimum Gasteiger partial charge on any atom is -0.479 e. The molecule has 3 aromatic heterocycles. The van der Waals surface area contributed by atoms with Crippen molar-refractivity contribution in [3.63, 3.8) is 0 Å². The van der Waals surface area contributed by atoms with E-state index in [2.05, 4.69) is 10.1 Å². The van der Waals surface area contributed by atoms with Gasteiger partial charge in [-0.05, 0) is 23.4 Å². The Morgan fingerprint density at radius 2 is 1.94 bits per heavy atom. The molecular formula is C25H18N2O6S. The van der Waals surface area contributed by atoms with Crippen LogP contribution >= 0.6 is 11.3 Å². The number of fused-ring (bicyclic) bond motifs is 1. The Hall–Kier alpha value is -4.24. The number of aromatic nitrogens is 2. The normalized spacial score (nSPS) is 11.0. The van der Waals surface area contributed by atoms with Gasteiger partial charge in [-0.15, -0.1) is 11.3 Å². The summed E-state index contributed by atoms with van der Waals surface area (Å²) >= 11 is 1.38. The van der Waals surface area contributed by atoms with E-state index in [0.717, 1.165) is 11.3 Å². The molecule has 0 aliphatic heterocycles. The molecule has 8 nitrogen and oxygen atoms in total. The van der Waals surface area contributed by atoms with Crippen LogP contribution in [0.1, 0.15) is 12.2 Å². The van der Waals surface area contributed by atoms with Gasteiger partial charge in [0.2, 0.25) is 0 Å². The average molecular weight is 474 g/mol. The monoisotopic (exact) mass is 474 g/mol. The van der Waals surface area contributed by atoms with Crippen molar-refractivity contribution in [1.29, 1.82) is 0 Å². The standard InChI is InChI=1S/C25H18N2O6S/c1-30-22-13-18(33-27-22)9-10-23(28)31-17-8-7-16-11-19(25(29)32-21(16)12-17)24-26-20(14-34-24)15-5-3-2-4-6-15/h2-8,11-14H,9-10H2,1H3. The van der Waals surface area contributed by atoms with Gasteiger partial charge < -0.3 is 18.4 Å². The third kappa shape index (κ3) is 4.60. The number of rotatable bonds is 7. The number of ether oxygens (including phenoxy) is 2. The highest BCUT2D eigenvalue weighted by Crippen LogP contribution is 2.29. The molecule has 170 valence electrons. The van der Waals surface area contributed by atoms with Gasteiger partial charge in [0.1, 0.15) is 22.1 Å². The summed E-state index contributed by atoms with van der Waals surface area (Å²) in [5, 5.41) is 6.87. The Labute approximate surface area is 197 Å². The van der Waals surface area contributed by atoms with E-state index in [1.165, 1.54) is 24.5 Å². The van der Waals surface area contributed by atoms with Crippen molar-refractivity contribution in [2.45, 2.75) is 12.8 Å². The van der Waals surface area contributed by atoms with Crippen LogP contribution in [0.4, 0.5) is 0 Å². The highest BCUT2D eigenvalue weighted by Gasteiger charge is 2.15. The molecule has 2 aromatic carbocycles. The van der Waals surface area contributed by atoms with Crippen molar-refractivity contribution >= 4 is 28.3 Å². The van der Waals surface area contributed by atoms with Gasteiger partial charge in [-0.2, -0.15) is 0 Å². The predicted octanol–water partition coefficient (Wildman–Crippen LogP) is 5.12. The van der Waals surface area contributed by atoms with Gasteiger partial charge in [0, 0.05) is 34.9 Å². The molecule has 5 aromatic rings.